The summed E-state index contributed by atoms with van der Waals surface area (Å²) in [7, 11) is 0. The van der Waals surface area contributed by atoms with Crippen molar-refractivity contribution in [3.63, 3.8) is 0 Å². The Bertz CT molecular complexity index is 1080. The fourth-order valence-corrected chi connectivity index (χ4v) is 4.72. The molecule has 2 aliphatic rings. The van der Waals surface area contributed by atoms with Crippen LogP contribution in [0.15, 0.2) is 36.7 Å². The standard InChI is InChI=1S/C22H22ClN3O3/c23-15-8-14-9-19(22(28)26-7-1-2-13(11-26)12-27)29-20(14)18(10-15)16-3-5-24-21-17(16)4-6-25-21/h3-6,8,10,13,19,27H,1-2,7,9,11-12H2,(H,24,25). The molecule has 2 atom stereocenters. The van der Waals surface area contributed by atoms with Crippen molar-refractivity contribution in [2.45, 2.75) is 25.4 Å². The second-order valence-electron chi connectivity index (χ2n) is 7.83. The molecule has 0 saturated carbocycles. The number of fused-ring (bicyclic) bond motifs is 2. The van der Waals surface area contributed by atoms with E-state index >= 15 is 0 Å². The molecule has 6 nitrogen and oxygen atoms in total. The third-order valence-corrected chi connectivity index (χ3v) is 6.13. The number of aliphatic hydroxyl groups is 1. The Labute approximate surface area is 173 Å². The summed E-state index contributed by atoms with van der Waals surface area (Å²) < 4.78 is 6.21. The third kappa shape index (κ3) is 3.26. The van der Waals surface area contributed by atoms with E-state index in [4.69, 9.17) is 16.3 Å². The number of piperidine rings is 1. The quantitative estimate of drug-likeness (QED) is 0.692. The van der Waals surface area contributed by atoms with Crippen LogP contribution in [0.25, 0.3) is 22.2 Å². The highest BCUT2D eigenvalue weighted by atomic mass is 35.5. The number of nitrogens with zero attached hydrogens (tertiary/aromatic N) is 2. The summed E-state index contributed by atoms with van der Waals surface area (Å²) in [4.78, 5) is 22.4. The van der Waals surface area contributed by atoms with Crippen molar-refractivity contribution in [3.05, 3.63) is 47.2 Å². The van der Waals surface area contributed by atoms with Crippen molar-refractivity contribution in [2.75, 3.05) is 19.7 Å². The van der Waals surface area contributed by atoms with Gasteiger partial charge in [0.25, 0.3) is 5.91 Å². The van der Waals surface area contributed by atoms with Gasteiger partial charge in [0.15, 0.2) is 6.10 Å². The molecule has 29 heavy (non-hydrogen) atoms. The summed E-state index contributed by atoms with van der Waals surface area (Å²) in [5.74, 6) is 0.861. The third-order valence-electron chi connectivity index (χ3n) is 5.91. The molecule has 0 bridgehead atoms. The Hall–Kier alpha value is -2.57. The second-order valence-corrected chi connectivity index (χ2v) is 8.26. The number of carbonyl (C=O) groups is 1. The number of ether oxygens (including phenoxy) is 1. The molecule has 1 aromatic carbocycles. The van der Waals surface area contributed by atoms with Gasteiger partial charge in [0.2, 0.25) is 0 Å². The van der Waals surface area contributed by atoms with Gasteiger partial charge >= 0.3 is 0 Å². The van der Waals surface area contributed by atoms with Crippen LogP contribution in [0.5, 0.6) is 5.75 Å². The van der Waals surface area contributed by atoms with Gasteiger partial charge in [0.05, 0.1) is 0 Å². The monoisotopic (exact) mass is 411 g/mol. The van der Waals surface area contributed by atoms with E-state index < -0.39 is 6.10 Å². The Kier molecular flexibility index (Phi) is 4.68. The smallest absolute Gasteiger partial charge is 0.264 e. The van der Waals surface area contributed by atoms with Gasteiger partial charge in [0, 0.05) is 60.0 Å². The molecule has 2 aliphatic heterocycles. The molecule has 5 rings (SSSR count). The van der Waals surface area contributed by atoms with Crippen molar-refractivity contribution in [2.24, 2.45) is 5.92 Å². The number of pyridine rings is 1. The van der Waals surface area contributed by atoms with Gasteiger partial charge in [-0.25, -0.2) is 4.98 Å². The molecule has 0 spiro atoms. The summed E-state index contributed by atoms with van der Waals surface area (Å²) in [6.07, 6.45) is 5.43. The van der Waals surface area contributed by atoms with E-state index in [9.17, 15) is 9.90 Å². The maximum atomic E-state index is 13.1. The van der Waals surface area contributed by atoms with Crippen molar-refractivity contribution in [3.8, 4) is 16.9 Å². The fraction of sp³-hybridized carbons (Fsp3) is 0.364. The van der Waals surface area contributed by atoms with E-state index in [1.165, 1.54) is 0 Å². The number of H-pyrrole nitrogens is 1. The van der Waals surface area contributed by atoms with Crippen molar-refractivity contribution in [1.29, 1.82) is 0 Å². The van der Waals surface area contributed by atoms with Gasteiger partial charge in [-0.3, -0.25) is 4.79 Å². The highest BCUT2D eigenvalue weighted by Crippen LogP contribution is 2.43. The van der Waals surface area contributed by atoms with Crippen LogP contribution >= 0.6 is 11.6 Å². The molecule has 2 aromatic heterocycles. The average molecular weight is 412 g/mol. The summed E-state index contributed by atoms with van der Waals surface area (Å²) in [5, 5.41) is 11.1. The highest BCUT2D eigenvalue weighted by Gasteiger charge is 2.36. The molecule has 7 heteroatoms. The number of rotatable bonds is 3. The largest absolute Gasteiger partial charge is 0.479 e. The summed E-state index contributed by atoms with van der Waals surface area (Å²) in [6, 6.07) is 7.69. The topological polar surface area (TPSA) is 78.5 Å². The van der Waals surface area contributed by atoms with Crippen LogP contribution < -0.4 is 4.74 Å². The fourth-order valence-electron chi connectivity index (χ4n) is 4.48. The SMILES string of the molecule is O=C(C1Cc2cc(Cl)cc(-c3ccnc4[nH]ccc34)c2O1)N1CCCC(CO)C1. The lowest BCUT2D eigenvalue weighted by Crippen LogP contribution is -2.47. The van der Waals surface area contributed by atoms with Crippen molar-refractivity contribution < 1.29 is 14.6 Å². The molecular weight excluding hydrogens is 390 g/mol. The van der Waals surface area contributed by atoms with Crippen LogP contribution in [0, 0.1) is 5.92 Å². The predicted molar refractivity (Wildman–Crippen MR) is 111 cm³/mol. The molecule has 0 aliphatic carbocycles. The number of aromatic nitrogens is 2. The normalized spacial score (nSPS) is 21.2. The molecule has 2 N–H and O–H groups in total. The van der Waals surface area contributed by atoms with Gasteiger partial charge in [-0.15, -0.1) is 0 Å². The zero-order valence-electron chi connectivity index (χ0n) is 15.9. The number of hydrogen-bond donors (Lipinski definition) is 2. The first-order chi connectivity index (χ1) is 14.1. The molecule has 150 valence electrons. The van der Waals surface area contributed by atoms with E-state index in [0.717, 1.165) is 46.3 Å². The Morgan fingerprint density at radius 1 is 1.34 bits per heavy atom. The summed E-state index contributed by atoms with van der Waals surface area (Å²) >= 11 is 6.42. The minimum absolute atomic E-state index is 0.0112. The average Bonchev–Trinajstić information content (AvgIpc) is 3.39. The van der Waals surface area contributed by atoms with Crippen LogP contribution in [-0.4, -0.2) is 51.7 Å². The lowest BCUT2D eigenvalue weighted by molar-refractivity contribution is -0.140. The number of benzene rings is 1. The molecule has 1 amide bonds. The molecule has 1 saturated heterocycles. The number of likely N-dealkylation sites (tertiary alicyclic amines) is 1. The van der Waals surface area contributed by atoms with Crippen LogP contribution in [0.1, 0.15) is 18.4 Å². The van der Waals surface area contributed by atoms with Crippen molar-refractivity contribution in [1.82, 2.24) is 14.9 Å². The molecule has 4 heterocycles. The first kappa shape index (κ1) is 18.5. The minimum atomic E-state index is -0.553. The first-order valence-corrected chi connectivity index (χ1v) is 10.3. The molecular formula is C22H22ClN3O3. The lowest BCUT2D eigenvalue weighted by Gasteiger charge is -2.33. The van der Waals surface area contributed by atoms with Crippen LogP contribution in [-0.2, 0) is 11.2 Å². The van der Waals surface area contributed by atoms with E-state index in [0.29, 0.717) is 24.5 Å². The summed E-state index contributed by atoms with van der Waals surface area (Å²) in [5.41, 5.74) is 3.59. The molecule has 2 unspecified atom stereocenters. The van der Waals surface area contributed by atoms with E-state index in [2.05, 4.69) is 9.97 Å². The molecule has 1 fully saturated rings. The maximum absolute atomic E-state index is 13.1. The molecule has 3 aromatic rings. The number of carbonyl (C=O) groups excluding carboxylic acids is 1. The van der Waals surface area contributed by atoms with Crippen LogP contribution in [0.2, 0.25) is 5.02 Å². The van der Waals surface area contributed by atoms with E-state index in [1.54, 1.807) is 6.20 Å². The predicted octanol–water partition coefficient (Wildman–Crippen LogP) is 3.42. The lowest BCUT2D eigenvalue weighted by atomic mass is 9.97. The summed E-state index contributed by atoms with van der Waals surface area (Å²) in [6.45, 7) is 1.42. The van der Waals surface area contributed by atoms with Crippen LogP contribution in [0.3, 0.4) is 0 Å². The maximum Gasteiger partial charge on any atom is 0.264 e. The van der Waals surface area contributed by atoms with Crippen molar-refractivity contribution >= 4 is 28.5 Å². The number of halogens is 1. The van der Waals surface area contributed by atoms with Gasteiger partial charge in [-0.05, 0) is 48.6 Å². The van der Waals surface area contributed by atoms with E-state index in [-0.39, 0.29) is 18.4 Å². The van der Waals surface area contributed by atoms with E-state index in [1.807, 2.05) is 35.4 Å². The zero-order valence-corrected chi connectivity index (χ0v) is 16.7. The minimum Gasteiger partial charge on any atom is -0.479 e. The number of amides is 1. The van der Waals surface area contributed by atoms with Crippen LogP contribution in [0.4, 0.5) is 0 Å². The second kappa shape index (κ2) is 7.35. The Morgan fingerprint density at radius 2 is 2.24 bits per heavy atom. The highest BCUT2D eigenvalue weighted by molar-refractivity contribution is 6.31. The van der Waals surface area contributed by atoms with Gasteiger partial charge in [-0.1, -0.05) is 11.6 Å². The number of nitrogens with one attached hydrogen (secondary N) is 1. The van der Waals surface area contributed by atoms with Gasteiger partial charge < -0.3 is 19.7 Å². The molecule has 0 radical (unpaired) electrons. The zero-order chi connectivity index (χ0) is 20.0. The Morgan fingerprint density at radius 3 is 3.10 bits per heavy atom. The number of aromatic amines is 1. The Balaban J connectivity index is 1.47. The van der Waals surface area contributed by atoms with Gasteiger partial charge in [0.1, 0.15) is 11.4 Å². The number of aliphatic hydroxyl groups excluding tert-OH is 1. The number of hydrogen-bond acceptors (Lipinski definition) is 4. The van der Waals surface area contributed by atoms with Gasteiger partial charge in [-0.2, -0.15) is 0 Å². The first-order valence-electron chi connectivity index (χ1n) is 9.95.